The number of piperidine rings is 1. The summed E-state index contributed by atoms with van der Waals surface area (Å²) in [6.07, 6.45) is 8.15. The van der Waals surface area contributed by atoms with Crippen LogP contribution in [0.5, 0.6) is 0 Å². The molecule has 3 heteroatoms. The molecule has 1 fully saturated rings. The van der Waals surface area contributed by atoms with Crippen LogP contribution in [0.1, 0.15) is 43.0 Å². The molecule has 1 aromatic rings. The van der Waals surface area contributed by atoms with Gasteiger partial charge in [0.2, 0.25) is 0 Å². The van der Waals surface area contributed by atoms with Crippen molar-refractivity contribution >= 4 is 0 Å². The summed E-state index contributed by atoms with van der Waals surface area (Å²) in [4.78, 5) is 2.57. The van der Waals surface area contributed by atoms with Gasteiger partial charge < -0.3 is 9.73 Å². The van der Waals surface area contributed by atoms with Crippen LogP contribution >= 0.6 is 0 Å². The highest BCUT2D eigenvalue weighted by molar-refractivity contribution is 5.24. The van der Waals surface area contributed by atoms with Gasteiger partial charge in [-0.1, -0.05) is 0 Å². The van der Waals surface area contributed by atoms with Gasteiger partial charge in [-0.15, -0.1) is 0 Å². The summed E-state index contributed by atoms with van der Waals surface area (Å²) in [5.41, 5.74) is 1.43. The molecule has 0 radical (unpaired) electrons. The van der Waals surface area contributed by atoms with Gasteiger partial charge in [-0.25, -0.2) is 0 Å². The van der Waals surface area contributed by atoms with Crippen molar-refractivity contribution in [2.45, 2.75) is 44.2 Å². The second-order valence-electron chi connectivity index (χ2n) is 5.37. The maximum Gasteiger partial charge on any atom is 0.108 e. The van der Waals surface area contributed by atoms with Crippen LogP contribution in [0.4, 0.5) is 0 Å². The third-order valence-corrected chi connectivity index (χ3v) is 4.36. The summed E-state index contributed by atoms with van der Waals surface area (Å²) in [6.45, 7) is 2.33. The fourth-order valence-corrected chi connectivity index (χ4v) is 3.32. The highest BCUT2D eigenvalue weighted by atomic mass is 16.3. The highest BCUT2D eigenvalue weighted by Gasteiger charge is 2.30. The third-order valence-electron chi connectivity index (χ3n) is 4.36. The van der Waals surface area contributed by atoms with Crippen molar-refractivity contribution < 1.29 is 4.42 Å². The smallest absolute Gasteiger partial charge is 0.108 e. The Balaban J connectivity index is 1.76. The second kappa shape index (κ2) is 4.83. The molecule has 1 N–H and O–H groups in total. The molecule has 94 valence electrons. The topological polar surface area (TPSA) is 28.4 Å². The van der Waals surface area contributed by atoms with Crippen LogP contribution < -0.4 is 5.32 Å². The molecule has 0 spiro atoms. The zero-order valence-corrected chi connectivity index (χ0v) is 10.6. The van der Waals surface area contributed by atoms with Gasteiger partial charge >= 0.3 is 0 Å². The van der Waals surface area contributed by atoms with E-state index in [1.807, 2.05) is 6.26 Å². The zero-order chi connectivity index (χ0) is 11.7. The first-order chi connectivity index (χ1) is 8.36. The SMILES string of the molecule is CN(C1CCCNC1)C1CCCc2occc21. The van der Waals surface area contributed by atoms with Crippen LogP contribution in [0.25, 0.3) is 0 Å². The normalized spacial score (nSPS) is 29.3. The van der Waals surface area contributed by atoms with Crippen LogP contribution in [-0.4, -0.2) is 31.1 Å². The molecule has 17 heavy (non-hydrogen) atoms. The molecular formula is C14H22N2O. The third kappa shape index (κ3) is 2.14. The molecule has 1 saturated heterocycles. The summed E-state index contributed by atoms with van der Waals surface area (Å²) in [5, 5.41) is 3.51. The molecular weight excluding hydrogens is 212 g/mol. The molecule has 2 unspecified atom stereocenters. The van der Waals surface area contributed by atoms with E-state index in [0.717, 1.165) is 13.0 Å². The van der Waals surface area contributed by atoms with E-state index >= 15 is 0 Å². The summed E-state index contributed by atoms with van der Waals surface area (Å²) >= 11 is 0. The largest absolute Gasteiger partial charge is 0.469 e. The quantitative estimate of drug-likeness (QED) is 0.851. The average Bonchev–Trinajstić information content (AvgIpc) is 2.87. The van der Waals surface area contributed by atoms with E-state index < -0.39 is 0 Å². The summed E-state index contributed by atoms with van der Waals surface area (Å²) in [7, 11) is 2.28. The molecule has 3 nitrogen and oxygen atoms in total. The van der Waals surface area contributed by atoms with E-state index in [9.17, 15) is 0 Å². The molecule has 2 aliphatic rings. The first-order valence-electron chi connectivity index (χ1n) is 6.85. The zero-order valence-electron chi connectivity index (χ0n) is 10.6. The van der Waals surface area contributed by atoms with Crippen LogP contribution in [0.15, 0.2) is 16.7 Å². The van der Waals surface area contributed by atoms with Gasteiger partial charge in [0.05, 0.1) is 6.26 Å². The molecule has 1 aromatic heterocycles. The minimum Gasteiger partial charge on any atom is -0.469 e. The lowest BCUT2D eigenvalue weighted by molar-refractivity contribution is 0.131. The number of nitrogens with zero attached hydrogens (tertiary/aromatic N) is 1. The van der Waals surface area contributed by atoms with Crippen molar-refractivity contribution in [3.63, 3.8) is 0 Å². The minimum absolute atomic E-state index is 0.572. The Morgan fingerprint density at radius 3 is 3.12 bits per heavy atom. The number of aryl methyl sites for hydroxylation is 1. The van der Waals surface area contributed by atoms with E-state index in [0.29, 0.717) is 12.1 Å². The molecule has 0 aromatic carbocycles. The molecule has 1 aliphatic heterocycles. The standard InChI is InChI=1S/C14H22N2O/c1-16(11-4-3-8-15-10-11)13-5-2-6-14-12(13)7-9-17-14/h7,9,11,13,15H,2-6,8,10H2,1H3. The van der Waals surface area contributed by atoms with Crippen LogP contribution in [-0.2, 0) is 6.42 Å². The number of furan rings is 1. The number of hydrogen-bond acceptors (Lipinski definition) is 3. The summed E-state index contributed by atoms with van der Waals surface area (Å²) in [5.74, 6) is 1.22. The first kappa shape index (κ1) is 11.3. The second-order valence-corrected chi connectivity index (χ2v) is 5.37. The van der Waals surface area contributed by atoms with Crippen molar-refractivity contribution in [3.8, 4) is 0 Å². The lowest BCUT2D eigenvalue weighted by Gasteiger charge is -2.38. The van der Waals surface area contributed by atoms with Crippen molar-refractivity contribution in [3.05, 3.63) is 23.7 Å². The average molecular weight is 234 g/mol. The van der Waals surface area contributed by atoms with Gasteiger partial charge in [0.15, 0.2) is 0 Å². The van der Waals surface area contributed by atoms with E-state index in [2.05, 4.69) is 23.3 Å². The van der Waals surface area contributed by atoms with Crippen molar-refractivity contribution in [1.82, 2.24) is 10.2 Å². The molecule has 2 atom stereocenters. The van der Waals surface area contributed by atoms with Crippen LogP contribution in [0, 0.1) is 0 Å². The Bertz CT molecular complexity index is 368. The lowest BCUT2D eigenvalue weighted by atomic mass is 9.90. The van der Waals surface area contributed by atoms with E-state index in [1.165, 1.54) is 43.6 Å². The molecule has 0 bridgehead atoms. The predicted molar refractivity (Wildman–Crippen MR) is 68.0 cm³/mol. The fraction of sp³-hybridized carbons (Fsp3) is 0.714. The Labute approximate surface area is 103 Å². The van der Waals surface area contributed by atoms with Crippen LogP contribution in [0.3, 0.4) is 0 Å². The molecule has 2 heterocycles. The maximum absolute atomic E-state index is 5.58. The summed E-state index contributed by atoms with van der Waals surface area (Å²) < 4.78 is 5.58. The number of fused-ring (bicyclic) bond motifs is 1. The minimum atomic E-state index is 0.572. The number of rotatable bonds is 2. The Hall–Kier alpha value is -0.800. The lowest BCUT2D eigenvalue weighted by Crippen LogP contribution is -2.46. The van der Waals surface area contributed by atoms with Crippen molar-refractivity contribution in [2.75, 3.05) is 20.1 Å². The van der Waals surface area contributed by atoms with Gasteiger partial charge in [-0.05, 0) is 45.3 Å². The molecule has 3 rings (SSSR count). The first-order valence-corrected chi connectivity index (χ1v) is 6.85. The highest BCUT2D eigenvalue weighted by Crippen LogP contribution is 2.35. The predicted octanol–water partition coefficient (Wildman–Crippen LogP) is 2.34. The van der Waals surface area contributed by atoms with E-state index in [-0.39, 0.29) is 0 Å². The monoisotopic (exact) mass is 234 g/mol. The molecule has 0 amide bonds. The Kier molecular flexibility index (Phi) is 3.21. The van der Waals surface area contributed by atoms with Gasteiger partial charge in [-0.3, -0.25) is 4.90 Å². The van der Waals surface area contributed by atoms with Gasteiger partial charge in [-0.2, -0.15) is 0 Å². The van der Waals surface area contributed by atoms with Crippen molar-refractivity contribution in [2.24, 2.45) is 0 Å². The van der Waals surface area contributed by atoms with Crippen molar-refractivity contribution in [1.29, 1.82) is 0 Å². The number of likely N-dealkylation sites (N-methyl/N-ethyl adjacent to an activating group) is 1. The van der Waals surface area contributed by atoms with Crippen LogP contribution in [0.2, 0.25) is 0 Å². The molecule has 1 aliphatic carbocycles. The number of nitrogens with one attached hydrogen (secondary N) is 1. The van der Waals surface area contributed by atoms with E-state index in [4.69, 9.17) is 4.42 Å². The van der Waals surface area contributed by atoms with Gasteiger partial charge in [0.25, 0.3) is 0 Å². The fourth-order valence-electron chi connectivity index (χ4n) is 3.32. The van der Waals surface area contributed by atoms with Gasteiger partial charge in [0, 0.05) is 30.6 Å². The van der Waals surface area contributed by atoms with E-state index in [1.54, 1.807) is 0 Å². The Morgan fingerprint density at radius 2 is 2.29 bits per heavy atom. The number of hydrogen-bond donors (Lipinski definition) is 1. The van der Waals surface area contributed by atoms with Gasteiger partial charge in [0.1, 0.15) is 5.76 Å². The maximum atomic E-state index is 5.58. The Morgan fingerprint density at radius 1 is 1.35 bits per heavy atom. The summed E-state index contributed by atoms with van der Waals surface area (Å²) in [6, 6.07) is 3.43. The molecule has 0 saturated carbocycles.